The molecule has 2 rings (SSSR count). The Hall–Kier alpha value is -0.980. The van der Waals surface area contributed by atoms with Crippen molar-refractivity contribution in [1.82, 2.24) is 4.31 Å². The number of hydrogen-bond acceptors (Lipinski definition) is 3. The lowest BCUT2D eigenvalue weighted by molar-refractivity contribution is 0.0393. The third kappa shape index (κ3) is 2.48. The Morgan fingerprint density at radius 3 is 2.59 bits per heavy atom. The highest BCUT2D eigenvalue weighted by Gasteiger charge is 2.31. The zero-order valence-electron chi connectivity index (χ0n) is 9.47. The van der Waals surface area contributed by atoms with Gasteiger partial charge in [-0.25, -0.2) is 12.8 Å². The van der Waals surface area contributed by atoms with Crippen molar-refractivity contribution < 1.29 is 17.5 Å². The summed E-state index contributed by atoms with van der Waals surface area (Å²) in [6, 6.07) is 4.68. The van der Waals surface area contributed by atoms with E-state index in [1.807, 2.05) is 0 Å². The summed E-state index contributed by atoms with van der Waals surface area (Å²) in [5.41, 5.74) is 0. The van der Waals surface area contributed by atoms with Crippen LogP contribution in [0.1, 0.15) is 6.92 Å². The second kappa shape index (κ2) is 4.72. The van der Waals surface area contributed by atoms with Crippen LogP contribution in [-0.2, 0) is 14.8 Å². The summed E-state index contributed by atoms with van der Waals surface area (Å²) in [5.74, 6) is -0.445. The van der Waals surface area contributed by atoms with Gasteiger partial charge in [-0.15, -0.1) is 0 Å². The maximum Gasteiger partial charge on any atom is 0.243 e. The summed E-state index contributed by atoms with van der Waals surface area (Å²) in [7, 11) is -3.54. The second-order valence-electron chi connectivity index (χ2n) is 3.99. The van der Waals surface area contributed by atoms with Gasteiger partial charge in [0.15, 0.2) is 0 Å². The Balaban J connectivity index is 2.32. The van der Waals surface area contributed by atoms with Crippen LogP contribution in [0, 0.1) is 5.82 Å². The van der Waals surface area contributed by atoms with E-state index < -0.39 is 15.8 Å². The molecule has 6 heteroatoms. The third-order valence-electron chi connectivity index (χ3n) is 2.73. The van der Waals surface area contributed by atoms with E-state index in [9.17, 15) is 12.8 Å². The minimum absolute atomic E-state index is 0.118. The van der Waals surface area contributed by atoms with E-state index in [1.54, 1.807) is 6.92 Å². The number of nitrogens with zero attached hydrogens (tertiary/aromatic N) is 1. The molecule has 94 valence electrons. The van der Waals surface area contributed by atoms with E-state index in [1.165, 1.54) is 16.4 Å². The lowest BCUT2D eigenvalue weighted by atomic mass is 10.3. The van der Waals surface area contributed by atoms with Crippen LogP contribution < -0.4 is 0 Å². The van der Waals surface area contributed by atoms with Gasteiger partial charge >= 0.3 is 0 Å². The topological polar surface area (TPSA) is 46.6 Å². The van der Waals surface area contributed by atoms with Gasteiger partial charge in [-0.2, -0.15) is 4.31 Å². The summed E-state index contributed by atoms with van der Waals surface area (Å²) >= 11 is 0. The number of rotatable bonds is 2. The first kappa shape index (κ1) is 12.5. The molecule has 1 aromatic rings. The number of morpholine rings is 1. The van der Waals surface area contributed by atoms with Gasteiger partial charge in [0, 0.05) is 12.6 Å². The van der Waals surface area contributed by atoms with Gasteiger partial charge < -0.3 is 4.74 Å². The van der Waals surface area contributed by atoms with Crippen molar-refractivity contribution in [2.75, 3.05) is 19.8 Å². The maximum atomic E-state index is 12.8. The van der Waals surface area contributed by atoms with Crippen LogP contribution in [0.3, 0.4) is 0 Å². The molecule has 0 N–H and O–H groups in total. The fourth-order valence-corrected chi connectivity index (χ4v) is 3.41. The van der Waals surface area contributed by atoms with Crippen molar-refractivity contribution >= 4 is 10.0 Å². The molecule has 0 radical (unpaired) electrons. The average molecular weight is 259 g/mol. The Labute approximate surface area is 100 Å². The van der Waals surface area contributed by atoms with E-state index in [4.69, 9.17) is 4.74 Å². The number of hydrogen-bond donors (Lipinski definition) is 0. The summed E-state index contributed by atoms with van der Waals surface area (Å²) < 4.78 is 43.9. The van der Waals surface area contributed by atoms with Crippen LogP contribution in [0.5, 0.6) is 0 Å². The molecule has 0 spiro atoms. The molecular formula is C11H14FNO3S. The Morgan fingerprint density at radius 2 is 2.00 bits per heavy atom. The summed E-state index contributed by atoms with van der Waals surface area (Å²) in [6.07, 6.45) is 0. The fourth-order valence-electron chi connectivity index (χ4n) is 1.81. The van der Waals surface area contributed by atoms with E-state index in [2.05, 4.69) is 0 Å². The fraction of sp³-hybridized carbons (Fsp3) is 0.455. The van der Waals surface area contributed by atoms with E-state index in [0.717, 1.165) is 12.1 Å². The van der Waals surface area contributed by atoms with Gasteiger partial charge in [-0.05, 0) is 31.2 Å². The Morgan fingerprint density at radius 1 is 1.35 bits per heavy atom. The van der Waals surface area contributed by atoms with Gasteiger partial charge in [-0.1, -0.05) is 0 Å². The van der Waals surface area contributed by atoms with Gasteiger partial charge in [0.1, 0.15) is 5.82 Å². The molecule has 1 aromatic carbocycles. The normalized spacial score (nSPS) is 22.6. The van der Waals surface area contributed by atoms with Gasteiger partial charge in [0.2, 0.25) is 10.0 Å². The highest BCUT2D eigenvalue weighted by atomic mass is 32.2. The molecule has 17 heavy (non-hydrogen) atoms. The standard InChI is InChI=1S/C11H14FNO3S/c1-9-8-16-7-6-13(9)17(14,15)11-4-2-10(12)3-5-11/h2-5,9H,6-8H2,1H3. The highest BCUT2D eigenvalue weighted by molar-refractivity contribution is 7.89. The minimum Gasteiger partial charge on any atom is -0.378 e. The predicted molar refractivity (Wildman–Crippen MR) is 60.6 cm³/mol. The van der Waals surface area contributed by atoms with Crippen LogP contribution >= 0.6 is 0 Å². The molecule has 1 heterocycles. The van der Waals surface area contributed by atoms with Crippen LogP contribution in [0.25, 0.3) is 0 Å². The first-order valence-electron chi connectivity index (χ1n) is 5.37. The molecular weight excluding hydrogens is 245 g/mol. The van der Waals surface area contributed by atoms with Crippen LogP contribution in [0.4, 0.5) is 4.39 Å². The summed E-state index contributed by atoms with van der Waals surface area (Å²) in [4.78, 5) is 0.118. The molecule has 0 bridgehead atoms. The average Bonchev–Trinajstić information content (AvgIpc) is 2.30. The van der Waals surface area contributed by atoms with Crippen molar-refractivity contribution in [3.05, 3.63) is 30.1 Å². The Kier molecular flexibility index (Phi) is 3.46. The summed E-state index contributed by atoms with van der Waals surface area (Å²) in [5, 5.41) is 0. The minimum atomic E-state index is -3.54. The molecule has 1 saturated heterocycles. The smallest absolute Gasteiger partial charge is 0.243 e. The van der Waals surface area contributed by atoms with Crippen molar-refractivity contribution in [3.8, 4) is 0 Å². The quantitative estimate of drug-likeness (QED) is 0.802. The molecule has 0 amide bonds. The molecule has 1 atom stereocenters. The first-order valence-corrected chi connectivity index (χ1v) is 6.81. The Bertz CT molecular complexity index is 486. The molecule has 1 aliphatic heterocycles. The van der Waals surface area contributed by atoms with E-state index >= 15 is 0 Å². The lowest BCUT2D eigenvalue weighted by Gasteiger charge is -2.32. The van der Waals surface area contributed by atoms with Crippen molar-refractivity contribution in [1.29, 1.82) is 0 Å². The molecule has 1 fully saturated rings. The molecule has 0 saturated carbocycles. The summed E-state index contributed by atoms with van der Waals surface area (Å²) in [6.45, 7) is 2.91. The van der Waals surface area contributed by atoms with Gasteiger partial charge in [0.25, 0.3) is 0 Å². The monoisotopic (exact) mass is 259 g/mol. The van der Waals surface area contributed by atoms with Crippen LogP contribution in [0.15, 0.2) is 29.2 Å². The number of sulfonamides is 1. The van der Waals surface area contributed by atoms with E-state index in [-0.39, 0.29) is 10.9 Å². The molecule has 0 aliphatic carbocycles. The third-order valence-corrected chi connectivity index (χ3v) is 4.75. The zero-order chi connectivity index (χ0) is 12.5. The lowest BCUT2D eigenvalue weighted by Crippen LogP contribution is -2.46. The van der Waals surface area contributed by atoms with Crippen molar-refractivity contribution in [2.24, 2.45) is 0 Å². The largest absolute Gasteiger partial charge is 0.378 e. The predicted octanol–water partition coefficient (Wildman–Crippen LogP) is 1.24. The zero-order valence-corrected chi connectivity index (χ0v) is 10.3. The SMILES string of the molecule is CC1COCCN1S(=O)(=O)c1ccc(F)cc1. The molecule has 1 aliphatic rings. The number of benzene rings is 1. The number of ether oxygens (including phenoxy) is 1. The van der Waals surface area contributed by atoms with Crippen LogP contribution in [-0.4, -0.2) is 38.5 Å². The van der Waals surface area contributed by atoms with Crippen LogP contribution in [0.2, 0.25) is 0 Å². The molecule has 4 nitrogen and oxygen atoms in total. The second-order valence-corrected chi connectivity index (χ2v) is 5.88. The van der Waals surface area contributed by atoms with Gasteiger partial charge in [-0.3, -0.25) is 0 Å². The van der Waals surface area contributed by atoms with Crippen molar-refractivity contribution in [3.63, 3.8) is 0 Å². The highest BCUT2D eigenvalue weighted by Crippen LogP contribution is 2.20. The van der Waals surface area contributed by atoms with E-state index in [0.29, 0.717) is 19.8 Å². The first-order chi connectivity index (χ1) is 8.01. The van der Waals surface area contributed by atoms with Crippen molar-refractivity contribution in [2.45, 2.75) is 17.9 Å². The molecule has 1 unspecified atom stereocenters. The maximum absolute atomic E-state index is 12.8. The number of halogens is 1. The molecule has 0 aromatic heterocycles. The van der Waals surface area contributed by atoms with Gasteiger partial charge in [0.05, 0.1) is 18.1 Å².